The third-order valence-electron chi connectivity index (χ3n) is 3.48. The van der Waals surface area contributed by atoms with Crippen molar-refractivity contribution in [2.75, 3.05) is 7.11 Å². The topological polar surface area (TPSA) is 64.3 Å². The van der Waals surface area contributed by atoms with E-state index in [1.54, 1.807) is 11.8 Å². The van der Waals surface area contributed by atoms with Gasteiger partial charge in [0.2, 0.25) is 0 Å². The number of hydrogen-bond donors (Lipinski definition) is 1. The van der Waals surface area contributed by atoms with E-state index in [1.807, 2.05) is 18.2 Å². The van der Waals surface area contributed by atoms with Gasteiger partial charge in [0.05, 0.1) is 11.6 Å². The first-order chi connectivity index (χ1) is 9.61. The van der Waals surface area contributed by atoms with Gasteiger partial charge in [0.1, 0.15) is 5.75 Å². The molecule has 20 heavy (non-hydrogen) atoms. The molecule has 2 aromatic rings. The summed E-state index contributed by atoms with van der Waals surface area (Å²) in [5.41, 5.74) is 2.69. The number of hydrogen-bond acceptors (Lipinski definition) is 3. The zero-order valence-corrected chi connectivity index (χ0v) is 12.5. The Balaban J connectivity index is 2.18. The second-order valence-electron chi connectivity index (χ2n) is 4.65. The summed E-state index contributed by atoms with van der Waals surface area (Å²) in [6, 6.07) is 5.57. The monoisotopic (exact) mass is 336 g/mol. The predicted molar refractivity (Wildman–Crippen MR) is 77.2 cm³/mol. The first kappa shape index (κ1) is 13.2. The van der Waals surface area contributed by atoms with Gasteiger partial charge in [0, 0.05) is 17.8 Å². The molecule has 5 nitrogen and oxygen atoms in total. The molecule has 0 saturated heterocycles. The molecule has 1 aromatic carbocycles. The highest BCUT2D eigenvalue weighted by atomic mass is 79.9. The molecule has 104 valence electrons. The molecular weight excluding hydrogens is 324 g/mol. The lowest BCUT2D eigenvalue weighted by Gasteiger charge is -2.07. The Hall–Kier alpha value is -1.82. The van der Waals surface area contributed by atoms with Crippen molar-refractivity contribution in [1.29, 1.82) is 0 Å². The standard InChI is InChI=1S/C14H13BrN2O3/c1-20-11-5-4-8(7-9(11)15)12-10-3-2-6-17(10)16-13(12)14(18)19/h4-5,7H,2-3,6H2,1H3,(H,18,19). The molecule has 0 saturated carbocycles. The highest BCUT2D eigenvalue weighted by molar-refractivity contribution is 9.10. The number of rotatable bonds is 3. The van der Waals surface area contributed by atoms with Crippen LogP contribution in [0.15, 0.2) is 22.7 Å². The van der Waals surface area contributed by atoms with Crippen LogP contribution in [0.5, 0.6) is 5.75 Å². The second-order valence-corrected chi connectivity index (χ2v) is 5.51. The van der Waals surface area contributed by atoms with E-state index in [0.29, 0.717) is 0 Å². The lowest BCUT2D eigenvalue weighted by atomic mass is 10.0. The summed E-state index contributed by atoms with van der Waals surface area (Å²) in [5, 5.41) is 13.6. The van der Waals surface area contributed by atoms with Gasteiger partial charge in [-0.15, -0.1) is 0 Å². The number of nitrogens with zero attached hydrogens (tertiary/aromatic N) is 2. The average molecular weight is 337 g/mol. The van der Waals surface area contributed by atoms with Gasteiger partial charge < -0.3 is 9.84 Å². The number of carboxylic acids is 1. The number of aromatic nitrogens is 2. The van der Waals surface area contributed by atoms with Crippen LogP contribution in [0.2, 0.25) is 0 Å². The van der Waals surface area contributed by atoms with Gasteiger partial charge in [-0.2, -0.15) is 5.10 Å². The summed E-state index contributed by atoms with van der Waals surface area (Å²) in [6.07, 6.45) is 1.87. The second kappa shape index (κ2) is 4.94. The van der Waals surface area contributed by atoms with E-state index in [1.165, 1.54) is 0 Å². The van der Waals surface area contributed by atoms with E-state index in [2.05, 4.69) is 21.0 Å². The van der Waals surface area contributed by atoms with E-state index in [9.17, 15) is 9.90 Å². The number of aromatic carboxylic acids is 1. The zero-order valence-electron chi connectivity index (χ0n) is 10.9. The molecule has 0 spiro atoms. The minimum absolute atomic E-state index is 0.122. The molecule has 1 aliphatic heterocycles. The van der Waals surface area contributed by atoms with Crippen LogP contribution in [-0.2, 0) is 13.0 Å². The van der Waals surface area contributed by atoms with Crippen molar-refractivity contribution in [1.82, 2.24) is 9.78 Å². The number of aryl methyl sites for hydroxylation is 1. The lowest BCUT2D eigenvalue weighted by Crippen LogP contribution is -2.02. The van der Waals surface area contributed by atoms with E-state index in [0.717, 1.165) is 46.4 Å². The van der Waals surface area contributed by atoms with Crippen molar-refractivity contribution in [2.45, 2.75) is 19.4 Å². The smallest absolute Gasteiger partial charge is 0.357 e. The number of ether oxygens (including phenoxy) is 1. The van der Waals surface area contributed by atoms with Crippen LogP contribution in [0.3, 0.4) is 0 Å². The Bertz CT molecular complexity index is 694. The molecule has 0 fully saturated rings. The zero-order chi connectivity index (χ0) is 14.3. The van der Waals surface area contributed by atoms with Gasteiger partial charge in [-0.1, -0.05) is 6.07 Å². The van der Waals surface area contributed by atoms with Gasteiger partial charge >= 0.3 is 5.97 Å². The maximum atomic E-state index is 11.4. The van der Waals surface area contributed by atoms with Crippen LogP contribution in [0.25, 0.3) is 11.1 Å². The van der Waals surface area contributed by atoms with Crippen LogP contribution in [0.1, 0.15) is 22.6 Å². The third-order valence-corrected chi connectivity index (χ3v) is 4.10. The summed E-state index contributed by atoms with van der Waals surface area (Å²) < 4.78 is 7.80. The lowest BCUT2D eigenvalue weighted by molar-refractivity contribution is 0.0690. The van der Waals surface area contributed by atoms with E-state index >= 15 is 0 Å². The molecule has 2 heterocycles. The van der Waals surface area contributed by atoms with Gasteiger partial charge in [0.25, 0.3) is 0 Å². The molecule has 1 N–H and O–H groups in total. The molecular formula is C14H13BrN2O3. The fraction of sp³-hybridized carbons (Fsp3) is 0.286. The molecule has 0 atom stereocenters. The summed E-state index contributed by atoms with van der Waals surface area (Å²) in [6.45, 7) is 0.785. The minimum Gasteiger partial charge on any atom is -0.496 e. The Morgan fingerprint density at radius 2 is 2.30 bits per heavy atom. The summed E-state index contributed by atoms with van der Waals surface area (Å²) in [5.74, 6) is -0.275. The third kappa shape index (κ3) is 2.00. The van der Waals surface area contributed by atoms with Crippen molar-refractivity contribution < 1.29 is 14.6 Å². The van der Waals surface area contributed by atoms with Crippen LogP contribution < -0.4 is 4.74 Å². The molecule has 1 aromatic heterocycles. The average Bonchev–Trinajstić information content (AvgIpc) is 2.98. The fourth-order valence-electron chi connectivity index (χ4n) is 2.61. The van der Waals surface area contributed by atoms with Gasteiger partial charge in [-0.05, 0) is 46.5 Å². The quantitative estimate of drug-likeness (QED) is 0.935. The van der Waals surface area contributed by atoms with E-state index < -0.39 is 5.97 Å². The van der Waals surface area contributed by atoms with Crippen molar-refractivity contribution in [3.8, 4) is 16.9 Å². The van der Waals surface area contributed by atoms with Crippen LogP contribution in [0.4, 0.5) is 0 Å². The molecule has 1 aliphatic rings. The number of carboxylic acid groups (broad SMARTS) is 1. The highest BCUT2D eigenvalue weighted by Crippen LogP contribution is 2.36. The van der Waals surface area contributed by atoms with Crippen LogP contribution >= 0.6 is 15.9 Å². The molecule has 0 bridgehead atoms. The minimum atomic E-state index is -0.992. The normalized spacial score (nSPS) is 13.3. The van der Waals surface area contributed by atoms with Crippen molar-refractivity contribution in [3.05, 3.63) is 34.1 Å². The number of halogens is 1. The molecule has 3 rings (SSSR count). The predicted octanol–water partition coefficient (Wildman–Crippen LogP) is 2.97. The fourth-order valence-corrected chi connectivity index (χ4v) is 3.15. The Kier molecular flexibility index (Phi) is 3.25. The number of fused-ring (bicyclic) bond motifs is 1. The van der Waals surface area contributed by atoms with E-state index in [4.69, 9.17) is 4.74 Å². The Labute approximate surface area is 124 Å². The largest absolute Gasteiger partial charge is 0.496 e. The maximum Gasteiger partial charge on any atom is 0.357 e. The Morgan fingerprint density at radius 3 is 2.95 bits per heavy atom. The molecule has 0 aliphatic carbocycles. The van der Waals surface area contributed by atoms with E-state index in [-0.39, 0.29) is 5.69 Å². The van der Waals surface area contributed by atoms with Gasteiger partial charge in [0.15, 0.2) is 5.69 Å². The maximum absolute atomic E-state index is 11.4. The summed E-state index contributed by atoms with van der Waals surface area (Å²) in [7, 11) is 1.60. The number of carbonyl (C=O) groups is 1. The molecule has 0 amide bonds. The Morgan fingerprint density at radius 1 is 1.50 bits per heavy atom. The number of methoxy groups -OCH3 is 1. The number of benzene rings is 1. The summed E-state index contributed by atoms with van der Waals surface area (Å²) in [4.78, 5) is 11.4. The first-order valence-electron chi connectivity index (χ1n) is 6.28. The SMILES string of the molecule is COc1ccc(-c2c(C(=O)O)nn3c2CCC3)cc1Br. The van der Waals surface area contributed by atoms with Crippen molar-refractivity contribution in [2.24, 2.45) is 0 Å². The van der Waals surface area contributed by atoms with Gasteiger partial charge in [-0.3, -0.25) is 4.68 Å². The van der Waals surface area contributed by atoms with Crippen molar-refractivity contribution in [3.63, 3.8) is 0 Å². The molecule has 0 radical (unpaired) electrons. The first-order valence-corrected chi connectivity index (χ1v) is 7.08. The molecule has 6 heteroatoms. The van der Waals surface area contributed by atoms with Crippen molar-refractivity contribution >= 4 is 21.9 Å². The highest BCUT2D eigenvalue weighted by Gasteiger charge is 2.26. The molecule has 0 unspecified atom stereocenters. The van der Waals surface area contributed by atoms with Crippen LogP contribution in [-0.4, -0.2) is 28.0 Å². The summed E-state index contributed by atoms with van der Waals surface area (Å²) >= 11 is 3.44. The van der Waals surface area contributed by atoms with Gasteiger partial charge in [-0.25, -0.2) is 4.79 Å². The van der Waals surface area contributed by atoms with Crippen LogP contribution in [0, 0.1) is 0 Å².